The van der Waals surface area contributed by atoms with Crippen LogP contribution >= 0.6 is 0 Å². The van der Waals surface area contributed by atoms with Crippen molar-refractivity contribution < 1.29 is 57.2 Å². The minimum Gasteiger partial charge on any atom is -0.463 e. The summed E-state index contributed by atoms with van der Waals surface area (Å²) < 4.78 is 38.9. The number of unbranched alkanes of at least 4 members (excludes halogenated alkanes) is 2. The molecule has 2 aliphatic carbocycles. The van der Waals surface area contributed by atoms with Crippen LogP contribution in [-0.4, -0.2) is 211 Å². The minimum absolute atomic E-state index is 0.0505. The maximum Gasteiger partial charge on any atom is 0.410 e. The van der Waals surface area contributed by atoms with E-state index in [2.05, 4.69) is 103 Å². The first-order valence-electron chi connectivity index (χ1n) is 33.9. The standard InChI is InChI=1S/C72H88N14O12/c1-9-11-39-95-69-75-77-79-85(69)43-51-27-25-37-83(51)67(89)63(73-65(87)47(3)81(7)71(91)97-45-61-57-33-19-15-29-53(57)54-30-16-20-34-58(54)61)49(5)93-41-23-13-14-24-42-94-50(6)64(68(90)84-38-26-28-52(84)44-86-70(76-78-80-86)96-40-12-10-2)74-66(88)48(4)82(8)72(92)98-46-62-59-35-21-17-31-55(59)56-32-18-22-36-60(56)62/h15-22,29-36,47-52,61-64H,9-12,25-28,37-46H2,1-8H3,(H,73,87)(H,74,88)/t47-,48-,49+,50?,51-,52-,63-,64-/m0/s1. The Morgan fingerprint density at radius 1 is 0.541 bits per heavy atom. The summed E-state index contributed by atoms with van der Waals surface area (Å²) in [6.45, 7) is 12.4. The Kier molecular flexibility index (Phi) is 24.5. The van der Waals surface area contributed by atoms with E-state index in [9.17, 15) is 28.8 Å². The summed E-state index contributed by atoms with van der Waals surface area (Å²) in [5.74, 6) is 8.81. The predicted octanol–water partition coefficient (Wildman–Crippen LogP) is 7.03. The van der Waals surface area contributed by atoms with Crippen LogP contribution in [0.15, 0.2) is 97.1 Å². The summed E-state index contributed by atoms with van der Waals surface area (Å²) in [4.78, 5) is 91.6. The van der Waals surface area contributed by atoms with Gasteiger partial charge in [-0.3, -0.25) is 29.0 Å². The number of nitrogens with zero attached hydrogens (tertiary/aromatic N) is 12. The van der Waals surface area contributed by atoms with E-state index >= 15 is 0 Å². The molecule has 0 bridgehead atoms. The highest BCUT2D eigenvalue weighted by Crippen LogP contribution is 2.46. The van der Waals surface area contributed by atoms with Crippen LogP contribution in [0, 0.1) is 23.7 Å². The molecule has 2 fully saturated rings. The zero-order chi connectivity index (χ0) is 69.2. The predicted molar refractivity (Wildman–Crippen MR) is 361 cm³/mol. The molecule has 2 aromatic heterocycles. The number of amides is 6. The van der Waals surface area contributed by atoms with Gasteiger partial charge >= 0.3 is 24.2 Å². The highest BCUT2D eigenvalue weighted by molar-refractivity contribution is 5.93. The maximum atomic E-state index is 14.9. The molecule has 4 aromatic carbocycles. The first-order chi connectivity index (χ1) is 47.6. The van der Waals surface area contributed by atoms with Crippen molar-refractivity contribution >= 4 is 35.8 Å². The largest absolute Gasteiger partial charge is 0.463 e. The lowest BCUT2D eigenvalue weighted by Crippen LogP contribution is -2.58. The van der Waals surface area contributed by atoms with Crippen molar-refractivity contribution in [2.75, 3.05) is 66.8 Å². The lowest BCUT2D eigenvalue weighted by Gasteiger charge is -2.33. The molecule has 6 amide bonds. The number of aromatic nitrogens is 8. The average Bonchev–Trinajstić information content (AvgIpc) is 1.63. The monoisotopic (exact) mass is 1340 g/mol. The van der Waals surface area contributed by atoms with Crippen LogP contribution in [0.3, 0.4) is 0 Å². The van der Waals surface area contributed by atoms with E-state index in [0.717, 1.165) is 70.2 Å². The van der Waals surface area contributed by atoms with E-state index < -0.39 is 72.2 Å². The average molecular weight is 1340 g/mol. The number of rotatable bonds is 30. The van der Waals surface area contributed by atoms with Gasteiger partial charge in [0.25, 0.3) is 0 Å². The molecule has 2 saturated heterocycles. The van der Waals surface area contributed by atoms with Gasteiger partial charge in [0.05, 0.1) is 50.6 Å². The molecular formula is C72H88N14O12. The SMILES string of the molecule is CCCCOc1nnnn1C[C@@H]1CCCN1C(=O)[C@@H](NC(=O)[C@H](C)N(C)C(=O)OCC1c2ccccc2-c2ccccc21)C(C)OCC#CC#CCO[C@H](C)[C@H](NC(=O)[C@H](C)N(C)C(=O)OCC1c2ccccc2-c2ccccc21)C(=O)N1CCC[C@H]1Cn1nnnc1OCCCC. The summed E-state index contributed by atoms with van der Waals surface area (Å²) in [5.41, 5.74) is 8.51. The van der Waals surface area contributed by atoms with Gasteiger partial charge in [-0.1, -0.05) is 146 Å². The number of likely N-dealkylation sites (N-methyl/N-ethyl adjacent to an activating group) is 2. The first-order valence-corrected chi connectivity index (χ1v) is 33.9. The third-order valence-electron chi connectivity index (χ3n) is 18.9. The molecule has 0 radical (unpaired) electrons. The van der Waals surface area contributed by atoms with Crippen LogP contribution < -0.4 is 20.1 Å². The summed E-state index contributed by atoms with van der Waals surface area (Å²) in [6.07, 6.45) is 2.78. The maximum absolute atomic E-state index is 14.9. The van der Waals surface area contributed by atoms with Crippen LogP contribution in [0.25, 0.3) is 22.3 Å². The van der Waals surface area contributed by atoms with Gasteiger partial charge in [0, 0.05) is 39.0 Å². The normalized spacial score (nSPS) is 17.0. The Balaban J connectivity index is 0.784. The van der Waals surface area contributed by atoms with Crippen LogP contribution in [0.2, 0.25) is 0 Å². The number of fused-ring (bicyclic) bond motifs is 6. The molecule has 0 spiro atoms. The van der Waals surface area contributed by atoms with Crippen molar-refractivity contribution in [3.63, 3.8) is 0 Å². The third kappa shape index (κ3) is 16.7. The Hall–Kier alpha value is -9.92. The molecule has 98 heavy (non-hydrogen) atoms. The molecule has 8 atom stereocenters. The van der Waals surface area contributed by atoms with Gasteiger partial charge < -0.3 is 48.9 Å². The molecule has 1 unspecified atom stereocenters. The number of hydrogen-bond acceptors (Lipinski definition) is 18. The summed E-state index contributed by atoms with van der Waals surface area (Å²) in [5, 5.41) is 29.9. The number of ether oxygens (including phenoxy) is 6. The zero-order valence-electron chi connectivity index (χ0n) is 57.0. The van der Waals surface area contributed by atoms with E-state index in [0.29, 0.717) is 52.0 Å². The minimum atomic E-state index is -1.23. The van der Waals surface area contributed by atoms with Gasteiger partial charge in [-0.05, 0) is 143 Å². The number of tetrazole rings is 2. The Labute approximate surface area is 571 Å². The highest BCUT2D eigenvalue weighted by Gasteiger charge is 2.42. The fourth-order valence-corrected chi connectivity index (χ4v) is 12.9. The van der Waals surface area contributed by atoms with Gasteiger partial charge in [0.15, 0.2) is 0 Å². The Morgan fingerprint density at radius 3 is 1.26 bits per heavy atom. The van der Waals surface area contributed by atoms with Gasteiger partial charge in [0.2, 0.25) is 23.6 Å². The summed E-state index contributed by atoms with van der Waals surface area (Å²) in [6, 6.07) is 27.2. The molecular weight excluding hydrogens is 1250 g/mol. The van der Waals surface area contributed by atoms with E-state index in [-0.39, 0.29) is 75.5 Å². The van der Waals surface area contributed by atoms with Gasteiger partial charge in [-0.25, -0.2) is 9.59 Å². The molecule has 26 heteroatoms. The number of likely N-dealkylation sites (tertiary alicyclic amines) is 2. The van der Waals surface area contributed by atoms with Crippen LogP contribution in [0.1, 0.15) is 127 Å². The molecule has 10 rings (SSSR count). The van der Waals surface area contributed by atoms with E-state index in [1.165, 1.54) is 33.3 Å². The van der Waals surface area contributed by atoms with Crippen molar-refractivity contribution in [1.82, 2.24) is 70.6 Å². The van der Waals surface area contributed by atoms with Crippen molar-refractivity contribution in [3.8, 4) is 58.0 Å². The summed E-state index contributed by atoms with van der Waals surface area (Å²) in [7, 11) is 2.95. The van der Waals surface area contributed by atoms with Crippen LogP contribution in [0.4, 0.5) is 9.59 Å². The molecule has 4 heterocycles. The van der Waals surface area contributed by atoms with Gasteiger partial charge in [0.1, 0.15) is 50.6 Å². The number of benzene rings is 4. The topological polar surface area (TPSA) is 282 Å². The second kappa shape index (κ2) is 33.8. The Morgan fingerprint density at radius 2 is 0.898 bits per heavy atom. The zero-order valence-corrected chi connectivity index (χ0v) is 57.0. The number of nitrogens with one attached hydrogen (secondary N) is 2. The third-order valence-corrected chi connectivity index (χ3v) is 18.9. The van der Waals surface area contributed by atoms with Crippen molar-refractivity contribution in [1.29, 1.82) is 0 Å². The molecule has 6 aromatic rings. The quantitative estimate of drug-likeness (QED) is 0.0338. The van der Waals surface area contributed by atoms with Crippen LogP contribution in [-0.2, 0) is 51.2 Å². The van der Waals surface area contributed by atoms with Crippen molar-refractivity contribution in [3.05, 3.63) is 119 Å². The molecule has 518 valence electrons. The molecule has 26 nitrogen and oxygen atoms in total. The molecule has 2 aliphatic heterocycles. The van der Waals surface area contributed by atoms with Gasteiger partial charge in [-0.2, -0.15) is 9.36 Å². The van der Waals surface area contributed by atoms with Crippen LogP contribution in [0.5, 0.6) is 12.0 Å². The molecule has 0 saturated carbocycles. The lowest BCUT2D eigenvalue weighted by atomic mass is 9.98. The van der Waals surface area contributed by atoms with E-state index in [4.69, 9.17) is 28.4 Å². The highest BCUT2D eigenvalue weighted by atomic mass is 16.6. The number of carbonyl (C=O) groups excluding carboxylic acids is 6. The fourth-order valence-electron chi connectivity index (χ4n) is 12.9. The van der Waals surface area contributed by atoms with E-state index in [1.807, 2.05) is 72.8 Å². The second-order valence-electron chi connectivity index (χ2n) is 25.1. The van der Waals surface area contributed by atoms with Crippen molar-refractivity contribution in [2.24, 2.45) is 0 Å². The Bertz CT molecular complexity index is 3560. The van der Waals surface area contributed by atoms with Crippen molar-refractivity contribution in [2.45, 2.75) is 166 Å². The molecule has 2 N–H and O–H groups in total. The van der Waals surface area contributed by atoms with Gasteiger partial charge in [-0.15, -0.1) is 0 Å². The smallest absolute Gasteiger partial charge is 0.410 e. The van der Waals surface area contributed by atoms with E-state index in [1.54, 1.807) is 37.5 Å². The second-order valence-corrected chi connectivity index (χ2v) is 25.1. The fraction of sp³-hybridized carbons (Fsp3) is 0.500. The first kappa shape index (κ1) is 70.9. The number of carbonyl (C=O) groups is 6. The summed E-state index contributed by atoms with van der Waals surface area (Å²) >= 11 is 0. The lowest BCUT2D eigenvalue weighted by molar-refractivity contribution is -0.142. The number of hydrogen-bond donors (Lipinski definition) is 2. The molecule has 4 aliphatic rings.